The van der Waals surface area contributed by atoms with E-state index >= 15 is 0 Å². The van der Waals surface area contributed by atoms with Crippen molar-refractivity contribution in [2.75, 3.05) is 0 Å². The third kappa shape index (κ3) is 4.31. The number of hydrogen-bond acceptors (Lipinski definition) is 2. The fraction of sp³-hybridized carbons (Fsp3) is 0.143. The van der Waals surface area contributed by atoms with Crippen molar-refractivity contribution in [3.05, 3.63) is 69.7 Å². The van der Waals surface area contributed by atoms with Gasteiger partial charge in [0.15, 0.2) is 0 Å². The number of benzene rings is 2. The Labute approximate surface area is 117 Å². The maximum absolute atomic E-state index is 5.91. The fourth-order valence-electron chi connectivity index (χ4n) is 1.62. The third-order valence-electron chi connectivity index (χ3n) is 2.49. The average molecular weight is 281 g/mol. The summed E-state index contributed by atoms with van der Waals surface area (Å²) in [7, 11) is 0. The molecule has 2 N–H and O–H groups in total. The lowest BCUT2D eigenvalue weighted by Crippen LogP contribution is -2.30. The zero-order valence-electron chi connectivity index (χ0n) is 9.79. The summed E-state index contributed by atoms with van der Waals surface area (Å²) >= 11 is 11.8. The van der Waals surface area contributed by atoms with E-state index in [1.807, 2.05) is 48.5 Å². The van der Waals surface area contributed by atoms with Crippen molar-refractivity contribution in [1.29, 1.82) is 0 Å². The van der Waals surface area contributed by atoms with Gasteiger partial charge in [0.2, 0.25) is 0 Å². The highest BCUT2D eigenvalue weighted by molar-refractivity contribution is 6.30. The molecule has 0 radical (unpaired) electrons. The monoisotopic (exact) mass is 280 g/mol. The van der Waals surface area contributed by atoms with Crippen molar-refractivity contribution < 1.29 is 0 Å². The zero-order chi connectivity index (χ0) is 12.8. The van der Waals surface area contributed by atoms with Crippen molar-refractivity contribution in [2.45, 2.75) is 13.1 Å². The van der Waals surface area contributed by atoms with E-state index in [1.165, 1.54) is 0 Å². The molecule has 0 aliphatic carbocycles. The number of hydrazine groups is 1. The van der Waals surface area contributed by atoms with Gasteiger partial charge in [-0.1, -0.05) is 47.5 Å². The van der Waals surface area contributed by atoms with Crippen LogP contribution in [0.5, 0.6) is 0 Å². The summed E-state index contributed by atoms with van der Waals surface area (Å²) in [4.78, 5) is 0. The molecule has 0 saturated carbocycles. The number of nitrogens with one attached hydrogen (secondary N) is 2. The summed E-state index contributed by atoms with van der Waals surface area (Å²) < 4.78 is 0. The SMILES string of the molecule is Clc1cccc(CNNCc2cccc(Cl)c2)c1. The van der Waals surface area contributed by atoms with Crippen molar-refractivity contribution in [2.24, 2.45) is 0 Å². The van der Waals surface area contributed by atoms with Gasteiger partial charge in [0.05, 0.1) is 0 Å². The maximum Gasteiger partial charge on any atom is 0.0409 e. The Morgan fingerprint density at radius 1 is 0.722 bits per heavy atom. The van der Waals surface area contributed by atoms with Crippen LogP contribution in [0.1, 0.15) is 11.1 Å². The minimum atomic E-state index is 0.723. The van der Waals surface area contributed by atoms with Crippen molar-refractivity contribution in [3.8, 4) is 0 Å². The summed E-state index contributed by atoms with van der Waals surface area (Å²) in [5, 5.41) is 1.51. The number of halogens is 2. The van der Waals surface area contributed by atoms with Crippen LogP contribution in [0.2, 0.25) is 10.0 Å². The van der Waals surface area contributed by atoms with E-state index < -0.39 is 0 Å². The van der Waals surface area contributed by atoms with Crippen LogP contribution in [0, 0.1) is 0 Å². The molecule has 0 aliphatic heterocycles. The quantitative estimate of drug-likeness (QED) is 0.643. The van der Waals surface area contributed by atoms with Crippen molar-refractivity contribution in [3.63, 3.8) is 0 Å². The molecule has 0 aromatic heterocycles. The van der Waals surface area contributed by atoms with Gasteiger partial charge < -0.3 is 0 Å². The molecular formula is C14H14Cl2N2. The normalized spacial score (nSPS) is 10.6. The number of rotatable bonds is 5. The van der Waals surface area contributed by atoms with E-state index in [1.54, 1.807) is 0 Å². The standard InChI is InChI=1S/C14H14Cl2N2/c15-13-5-1-3-11(7-13)9-17-18-10-12-4-2-6-14(16)8-12/h1-8,17-18H,9-10H2. The highest BCUT2D eigenvalue weighted by atomic mass is 35.5. The first-order chi connectivity index (χ1) is 8.74. The van der Waals surface area contributed by atoms with E-state index in [0.29, 0.717) is 0 Å². The summed E-state index contributed by atoms with van der Waals surface area (Å²) in [6, 6.07) is 15.5. The minimum absolute atomic E-state index is 0.723. The fourth-order valence-corrected chi connectivity index (χ4v) is 2.05. The van der Waals surface area contributed by atoms with Crippen LogP contribution in [-0.2, 0) is 13.1 Å². The van der Waals surface area contributed by atoms with Crippen molar-refractivity contribution >= 4 is 23.2 Å². The Balaban J connectivity index is 1.76. The second kappa shape index (κ2) is 6.76. The van der Waals surface area contributed by atoms with Gasteiger partial charge in [0, 0.05) is 23.1 Å². The topological polar surface area (TPSA) is 24.1 Å². The second-order valence-corrected chi connectivity index (χ2v) is 4.84. The van der Waals surface area contributed by atoms with Crippen LogP contribution >= 0.6 is 23.2 Å². The molecule has 0 heterocycles. The van der Waals surface area contributed by atoms with Gasteiger partial charge in [-0.15, -0.1) is 0 Å². The molecule has 18 heavy (non-hydrogen) atoms. The molecule has 2 nitrogen and oxygen atoms in total. The predicted molar refractivity (Wildman–Crippen MR) is 76.6 cm³/mol. The smallest absolute Gasteiger partial charge is 0.0409 e. The molecule has 94 valence electrons. The second-order valence-electron chi connectivity index (χ2n) is 3.97. The van der Waals surface area contributed by atoms with E-state index in [0.717, 1.165) is 34.3 Å². The predicted octanol–water partition coefficient (Wildman–Crippen LogP) is 3.79. The molecule has 0 unspecified atom stereocenters. The summed E-state index contributed by atoms with van der Waals surface area (Å²) in [5.74, 6) is 0. The van der Waals surface area contributed by atoms with Gasteiger partial charge in [-0.3, -0.25) is 10.9 Å². The minimum Gasteiger partial charge on any atom is -0.253 e. The first-order valence-electron chi connectivity index (χ1n) is 5.68. The summed E-state index contributed by atoms with van der Waals surface area (Å²) in [6.07, 6.45) is 0. The summed E-state index contributed by atoms with van der Waals surface area (Å²) in [6.45, 7) is 1.45. The third-order valence-corrected chi connectivity index (χ3v) is 2.96. The Morgan fingerprint density at radius 2 is 1.17 bits per heavy atom. The Bertz CT molecular complexity index is 467. The molecule has 0 spiro atoms. The first-order valence-corrected chi connectivity index (χ1v) is 6.44. The molecule has 4 heteroatoms. The molecule has 2 aromatic rings. The van der Waals surface area contributed by atoms with E-state index in [9.17, 15) is 0 Å². The van der Waals surface area contributed by atoms with Gasteiger partial charge in [0.25, 0.3) is 0 Å². The van der Waals surface area contributed by atoms with Crippen LogP contribution in [-0.4, -0.2) is 0 Å². The molecule has 0 bridgehead atoms. The van der Waals surface area contributed by atoms with E-state index in [-0.39, 0.29) is 0 Å². The highest BCUT2D eigenvalue weighted by Crippen LogP contribution is 2.11. The van der Waals surface area contributed by atoms with Gasteiger partial charge >= 0.3 is 0 Å². The van der Waals surface area contributed by atoms with E-state index in [2.05, 4.69) is 10.9 Å². The van der Waals surface area contributed by atoms with Crippen LogP contribution in [0.25, 0.3) is 0 Å². The van der Waals surface area contributed by atoms with Gasteiger partial charge in [0.1, 0.15) is 0 Å². The Hall–Kier alpha value is -1.06. The Kier molecular flexibility index (Phi) is 5.02. The van der Waals surface area contributed by atoms with Gasteiger partial charge in [-0.2, -0.15) is 0 Å². The van der Waals surface area contributed by atoms with Gasteiger partial charge in [-0.05, 0) is 35.4 Å². The molecule has 2 rings (SSSR count). The maximum atomic E-state index is 5.91. The molecule has 0 aliphatic rings. The lowest BCUT2D eigenvalue weighted by Gasteiger charge is -2.07. The lowest BCUT2D eigenvalue weighted by molar-refractivity contribution is 0.529. The number of hydrogen-bond donors (Lipinski definition) is 2. The highest BCUT2D eigenvalue weighted by Gasteiger charge is 1.95. The van der Waals surface area contributed by atoms with Crippen molar-refractivity contribution in [1.82, 2.24) is 10.9 Å². The molecular weight excluding hydrogens is 267 g/mol. The zero-order valence-corrected chi connectivity index (χ0v) is 11.3. The van der Waals surface area contributed by atoms with Crippen LogP contribution < -0.4 is 10.9 Å². The lowest BCUT2D eigenvalue weighted by atomic mass is 10.2. The first kappa shape index (κ1) is 13.4. The Morgan fingerprint density at radius 3 is 1.56 bits per heavy atom. The van der Waals surface area contributed by atoms with Crippen LogP contribution in [0.4, 0.5) is 0 Å². The van der Waals surface area contributed by atoms with E-state index in [4.69, 9.17) is 23.2 Å². The van der Waals surface area contributed by atoms with Crippen LogP contribution in [0.15, 0.2) is 48.5 Å². The molecule has 0 fully saturated rings. The summed E-state index contributed by atoms with van der Waals surface area (Å²) in [5.41, 5.74) is 8.57. The largest absolute Gasteiger partial charge is 0.253 e. The molecule has 0 atom stereocenters. The molecule has 0 amide bonds. The average Bonchev–Trinajstić information content (AvgIpc) is 2.35. The molecule has 0 saturated heterocycles. The van der Waals surface area contributed by atoms with Crippen LogP contribution in [0.3, 0.4) is 0 Å². The van der Waals surface area contributed by atoms with Gasteiger partial charge in [-0.25, -0.2) is 0 Å². The molecule has 2 aromatic carbocycles.